The molecule has 1 amide bonds. The summed E-state index contributed by atoms with van der Waals surface area (Å²) in [6.45, 7) is 6.60. The third-order valence-corrected chi connectivity index (χ3v) is 3.30. The van der Waals surface area contributed by atoms with Crippen molar-refractivity contribution in [3.8, 4) is 0 Å². The Morgan fingerprint density at radius 2 is 1.87 bits per heavy atom. The number of anilines is 2. The highest BCUT2D eigenvalue weighted by Gasteiger charge is 2.16. The minimum absolute atomic E-state index is 0.0400. The molecule has 0 spiro atoms. The number of rotatable bonds is 5. The fraction of sp³-hybridized carbons (Fsp3) is 0.312. The van der Waals surface area contributed by atoms with E-state index in [9.17, 15) is 13.6 Å². The monoisotopic (exact) mass is 320 g/mol. The lowest BCUT2D eigenvalue weighted by atomic mass is 10.3. The second kappa shape index (κ2) is 7.13. The van der Waals surface area contributed by atoms with Gasteiger partial charge >= 0.3 is 0 Å². The van der Waals surface area contributed by atoms with Crippen LogP contribution < -0.4 is 5.32 Å². The van der Waals surface area contributed by atoms with Crippen molar-refractivity contribution in [2.45, 2.75) is 20.8 Å². The molecule has 0 aliphatic heterocycles. The zero-order valence-electron chi connectivity index (χ0n) is 13.2. The summed E-state index contributed by atoms with van der Waals surface area (Å²) < 4.78 is 26.6. The Balaban J connectivity index is 2.32. The Bertz CT molecular complexity index is 717. The predicted octanol–water partition coefficient (Wildman–Crippen LogP) is 3.29. The third-order valence-electron chi connectivity index (χ3n) is 3.30. The SMILES string of the molecule is CCN(CC)C(=O)c1cc(C)nc(Nc2ccc(F)cc2F)n1. The molecule has 1 aromatic carbocycles. The van der Waals surface area contributed by atoms with E-state index in [2.05, 4.69) is 15.3 Å². The van der Waals surface area contributed by atoms with E-state index >= 15 is 0 Å². The van der Waals surface area contributed by atoms with Gasteiger partial charge in [-0.1, -0.05) is 0 Å². The summed E-state index contributed by atoms with van der Waals surface area (Å²) >= 11 is 0. The maximum atomic E-state index is 13.7. The van der Waals surface area contributed by atoms with Gasteiger partial charge in [-0.25, -0.2) is 18.7 Å². The molecule has 2 aromatic rings. The zero-order chi connectivity index (χ0) is 17.0. The quantitative estimate of drug-likeness (QED) is 0.918. The molecule has 5 nitrogen and oxygen atoms in total. The summed E-state index contributed by atoms with van der Waals surface area (Å²) in [6.07, 6.45) is 0. The average Bonchev–Trinajstić information content (AvgIpc) is 2.50. The van der Waals surface area contributed by atoms with Gasteiger partial charge in [0.25, 0.3) is 5.91 Å². The number of carbonyl (C=O) groups excluding carboxylic acids is 1. The molecule has 2 rings (SSSR count). The largest absolute Gasteiger partial charge is 0.338 e. The van der Waals surface area contributed by atoms with Gasteiger partial charge in [0.15, 0.2) is 0 Å². The highest BCUT2D eigenvalue weighted by atomic mass is 19.1. The number of hydrogen-bond acceptors (Lipinski definition) is 4. The second-order valence-electron chi connectivity index (χ2n) is 4.94. The van der Waals surface area contributed by atoms with Gasteiger partial charge in [-0.2, -0.15) is 0 Å². The molecule has 0 saturated heterocycles. The molecule has 0 fully saturated rings. The number of hydrogen-bond donors (Lipinski definition) is 1. The maximum absolute atomic E-state index is 13.7. The van der Waals surface area contributed by atoms with Gasteiger partial charge in [0.1, 0.15) is 17.3 Å². The first kappa shape index (κ1) is 16.8. The fourth-order valence-electron chi connectivity index (χ4n) is 2.12. The van der Waals surface area contributed by atoms with Crippen LogP contribution in [0.3, 0.4) is 0 Å². The summed E-state index contributed by atoms with van der Waals surface area (Å²) in [5, 5.41) is 2.68. The minimum atomic E-state index is -0.758. The number of nitrogens with one attached hydrogen (secondary N) is 1. The first-order valence-corrected chi connectivity index (χ1v) is 7.31. The summed E-state index contributed by atoms with van der Waals surface area (Å²) in [5.74, 6) is -1.56. The van der Waals surface area contributed by atoms with E-state index in [4.69, 9.17) is 0 Å². The van der Waals surface area contributed by atoms with Crippen molar-refractivity contribution in [2.24, 2.45) is 0 Å². The molecule has 1 heterocycles. The van der Waals surface area contributed by atoms with E-state index < -0.39 is 11.6 Å². The predicted molar refractivity (Wildman–Crippen MR) is 83.7 cm³/mol. The highest BCUT2D eigenvalue weighted by molar-refractivity contribution is 5.92. The van der Waals surface area contributed by atoms with Crippen molar-refractivity contribution in [2.75, 3.05) is 18.4 Å². The Labute approximate surface area is 133 Å². The molecule has 0 saturated carbocycles. The summed E-state index contributed by atoms with van der Waals surface area (Å²) in [4.78, 5) is 22.3. The number of carbonyl (C=O) groups is 1. The molecule has 0 unspecified atom stereocenters. The standard InChI is InChI=1S/C16H18F2N4O/c1-4-22(5-2)15(23)14-8-10(3)19-16(21-14)20-13-7-6-11(17)9-12(13)18/h6-9H,4-5H2,1-3H3,(H,19,20,21). The van der Waals surface area contributed by atoms with Crippen molar-refractivity contribution >= 4 is 17.5 Å². The Kier molecular flexibility index (Phi) is 5.20. The van der Waals surface area contributed by atoms with E-state index in [1.807, 2.05) is 13.8 Å². The molecular weight excluding hydrogens is 302 g/mol. The first-order chi connectivity index (χ1) is 10.9. The number of benzene rings is 1. The maximum Gasteiger partial charge on any atom is 0.272 e. The minimum Gasteiger partial charge on any atom is -0.338 e. The zero-order valence-corrected chi connectivity index (χ0v) is 13.2. The van der Waals surface area contributed by atoms with E-state index in [-0.39, 0.29) is 23.2 Å². The topological polar surface area (TPSA) is 58.1 Å². The van der Waals surface area contributed by atoms with Gasteiger partial charge in [0, 0.05) is 24.8 Å². The summed E-state index contributed by atoms with van der Waals surface area (Å²) in [6, 6.07) is 4.72. The van der Waals surface area contributed by atoms with Crippen molar-refractivity contribution in [1.82, 2.24) is 14.9 Å². The Morgan fingerprint density at radius 1 is 1.17 bits per heavy atom. The van der Waals surface area contributed by atoms with Crippen molar-refractivity contribution < 1.29 is 13.6 Å². The van der Waals surface area contributed by atoms with Gasteiger partial charge in [0.2, 0.25) is 5.95 Å². The van der Waals surface area contributed by atoms with Gasteiger partial charge in [-0.05, 0) is 39.0 Å². The van der Waals surface area contributed by atoms with E-state index in [0.717, 1.165) is 12.1 Å². The van der Waals surface area contributed by atoms with Crippen LogP contribution >= 0.6 is 0 Å². The number of aromatic nitrogens is 2. The average molecular weight is 320 g/mol. The van der Waals surface area contributed by atoms with E-state index in [0.29, 0.717) is 18.8 Å². The van der Waals surface area contributed by atoms with Crippen LogP contribution in [0, 0.1) is 18.6 Å². The molecule has 0 atom stereocenters. The molecule has 23 heavy (non-hydrogen) atoms. The Hall–Kier alpha value is -2.57. The highest BCUT2D eigenvalue weighted by Crippen LogP contribution is 2.19. The number of amides is 1. The van der Waals surface area contributed by atoms with Crippen LogP contribution in [0.25, 0.3) is 0 Å². The summed E-state index contributed by atoms with van der Waals surface area (Å²) in [7, 11) is 0. The molecule has 0 bridgehead atoms. The van der Waals surface area contributed by atoms with Gasteiger partial charge in [-0.3, -0.25) is 4.79 Å². The Morgan fingerprint density at radius 3 is 2.48 bits per heavy atom. The first-order valence-electron chi connectivity index (χ1n) is 7.31. The van der Waals surface area contributed by atoms with Crippen LogP contribution in [-0.2, 0) is 0 Å². The van der Waals surface area contributed by atoms with Gasteiger partial charge < -0.3 is 10.2 Å². The van der Waals surface area contributed by atoms with Crippen molar-refractivity contribution in [1.29, 1.82) is 0 Å². The van der Waals surface area contributed by atoms with Crippen LogP contribution in [0.15, 0.2) is 24.3 Å². The van der Waals surface area contributed by atoms with E-state index in [1.165, 1.54) is 6.07 Å². The smallest absolute Gasteiger partial charge is 0.272 e. The molecule has 122 valence electrons. The normalized spacial score (nSPS) is 10.5. The number of aryl methyl sites for hydroxylation is 1. The van der Waals surface area contributed by atoms with Crippen LogP contribution in [-0.4, -0.2) is 33.9 Å². The molecule has 0 aliphatic rings. The fourth-order valence-corrected chi connectivity index (χ4v) is 2.12. The van der Waals surface area contributed by atoms with Gasteiger partial charge in [-0.15, -0.1) is 0 Å². The van der Waals surface area contributed by atoms with Crippen LogP contribution in [0.2, 0.25) is 0 Å². The molecule has 1 aromatic heterocycles. The van der Waals surface area contributed by atoms with Crippen LogP contribution in [0.5, 0.6) is 0 Å². The lowest BCUT2D eigenvalue weighted by Gasteiger charge is -2.18. The molecule has 1 N–H and O–H groups in total. The lowest BCUT2D eigenvalue weighted by Crippen LogP contribution is -2.31. The molecule has 0 radical (unpaired) electrons. The molecule has 7 heteroatoms. The second-order valence-corrected chi connectivity index (χ2v) is 4.94. The molecule has 0 aliphatic carbocycles. The van der Waals surface area contributed by atoms with E-state index in [1.54, 1.807) is 17.9 Å². The number of halogens is 2. The third kappa shape index (κ3) is 4.00. The summed E-state index contributed by atoms with van der Waals surface area (Å²) in [5.41, 5.74) is 0.838. The van der Waals surface area contributed by atoms with Crippen molar-refractivity contribution in [3.05, 3.63) is 47.3 Å². The number of nitrogens with zero attached hydrogens (tertiary/aromatic N) is 3. The van der Waals surface area contributed by atoms with Crippen LogP contribution in [0.4, 0.5) is 20.4 Å². The van der Waals surface area contributed by atoms with Crippen molar-refractivity contribution in [3.63, 3.8) is 0 Å². The van der Waals surface area contributed by atoms with Gasteiger partial charge in [0.05, 0.1) is 5.69 Å². The molecular formula is C16H18F2N4O. The van der Waals surface area contributed by atoms with Crippen LogP contribution in [0.1, 0.15) is 30.0 Å². The lowest BCUT2D eigenvalue weighted by molar-refractivity contribution is 0.0767.